The zero-order valence-corrected chi connectivity index (χ0v) is 18.2. The van der Waals surface area contributed by atoms with Gasteiger partial charge in [-0.15, -0.1) is 0 Å². The van der Waals surface area contributed by atoms with Crippen LogP contribution in [0.3, 0.4) is 0 Å². The van der Waals surface area contributed by atoms with Gasteiger partial charge in [0.1, 0.15) is 18.1 Å². The zero-order chi connectivity index (χ0) is 22.9. The molecule has 0 radical (unpaired) electrons. The van der Waals surface area contributed by atoms with Crippen LogP contribution in [0.2, 0.25) is 0 Å². The first-order chi connectivity index (χ1) is 16.2. The van der Waals surface area contributed by atoms with E-state index in [0.29, 0.717) is 12.4 Å². The van der Waals surface area contributed by atoms with Crippen molar-refractivity contribution in [1.82, 2.24) is 0 Å². The molecule has 0 aromatic heterocycles. The van der Waals surface area contributed by atoms with E-state index in [2.05, 4.69) is 24.3 Å². The van der Waals surface area contributed by atoms with E-state index in [0.717, 1.165) is 30.6 Å². The van der Waals surface area contributed by atoms with Gasteiger partial charge in [-0.2, -0.15) is 0 Å². The van der Waals surface area contributed by atoms with E-state index in [-0.39, 0.29) is 11.4 Å². The van der Waals surface area contributed by atoms with E-state index in [4.69, 9.17) is 9.47 Å². The molecule has 4 aromatic rings. The largest absolute Gasteiger partial charge is 0.489 e. The molecule has 166 valence electrons. The van der Waals surface area contributed by atoms with Crippen LogP contribution in [0.15, 0.2) is 103 Å². The summed E-state index contributed by atoms with van der Waals surface area (Å²) in [5, 5.41) is 11.1. The third kappa shape index (κ3) is 6.43. The molecule has 0 amide bonds. The molecule has 0 aliphatic heterocycles. The molecule has 5 nitrogen and oxygen atoms in total. The van der Waals surface area contributed by atoms with Crippen molar-refractivity contribution in [3.05, 3.63) is 130 Å². The molecule has 5 heteroatoms. The third-order valence-corrected chi connectivity index (χ3v) is 5.29. The molecule has 4 rings (SSSR count). The van der Waals surface area contributed by atoms with E-state index in [1.165, 1.54) is 17.2 Å². The van der Waals surface area contributed by atoms with E-state index in [9.17, 15) is 10.1 Å². The van der Waals surface area contributed by atoms with Crippen molar-refractivity contribution < 1.29 is 14.4 Å². The third-order valence-electron chi connectivity index (χ3n) is 5.29. The second-order valence-electron chi connectivity index (χ2n) is 7.75. The summed E-state index contributed by atoms with van der Waals surface area (Å²) in [7, 11) is 0. The summed E-state index contributed by atoms with van der Waals surface area (Å²) >= 11 is 0. The number of para-hydroxylation sites is 2. The molecule has 0 aliphatic rings. The molecule has 0 aliphatic carbocycles. The molecule has 0 unspecified atom stereocenters. The van der Waals surface area contributed by atoms with Gasteiger partial charge < -0.3 is 9.47 Å². The zero-order valence-electron chi connectivity index (χ0n) is 18.2. The van der Waals surface area contributed by atoms with Crippen molar-refractivity contribution in [3.8, 4) is 17.2 Å². The molecule has 0 spiro atoms. The van der Waals surface area contributed by atoms with Gasteiger partial charge >= 0.3 is 5.69 Å². The Morgan fingerprint density at radius 3 is 2.15 bits per heavy atom. The van der Waals surface area contributed by atoms with Gasteiger partial charge in [0.25, 0.3) is 0 Å². The number of benzene rings is 4. The first-order valence-electron chi connectivity index (χ1n) is 10.9. The number of hydrogen-bond acceptors (Lipinski definition) is 4. The average Bonchev–Trinajstić information content (AvgIpc) is 2.85. The Labute approximate surface area is 193 Å². The number of hydrogen-bond donors (Lipinski definition) is 0. The minimum atomic E-state index is -0.439. The van der Waals surface area contributed by atoms with Gasteiger partial charge in [-0.25, -0.2) is 0 Å². The van der Waals surface area contributed by atoms with E-state index in [1.54, 1.807) is 18.2 Å². The Morgan fingerprint density at radius 1 is 0.667 bits per heavy atom. The predicted molar refractivity (Wildman–Crippen MR) is 129 cm³/mol. The SMILES string of the molecule is O=[N+]([O-])c1ccccc1Oc1ccc(CCCc2cccc(OCc3ccccc3)c2)cc1. The molecule has 4 aromatic carbocycles. The van der Waals surface area contributed by atoms with Crippen LogP contribution in [0.4, 0.5) is 5.69 Å². The Morgan fingerprint density at radius 2 is 1.36 bits per heavy atom. The van der Waals surface area contributed by atoms with Crippen LogP contribution < -0.4 is 9.47 Å². The second-order valence-corrected chi connectivity index (χ2v) is 7.75. The minimum Gasteiger partial charge on any atom is -0.489 e. The van der Waals surface area contributed by atoms with Gasteiger partial charge in [0, 0.05) is 6.07 Å². The average molecular weight is 440 g/mol. The van der Waals surface area contributed by atoms with Crippen LogP contribution in [-0.4, -0.2) is 4.92 Å². The maximum atomic E-state index is 11.1. The maximum Gasteiger partial charge on any atom is 0.311 e. The molecule has 0 saturated heterocycles. The minimum absolute atomic E-state index is 0.0449. The van der Waals surface area contributed by atoms with Crippen molar-refractivity contribution >= 4 is 5.69 Å². The first kappa shape index (κ1) is 22.1. The Balaban J connectivity index is 1.27. The van der Waals surface area contributed by atoms with Crippen LogP contribution in [0, 0.1) is 10.1 Å². The Kier molecular flexibility index (Phi) is 7.33. The number of nitro groups is 1. The molecular formula is C28H25NO4. The molecule has 0 saturated carbocycles. The Bertz CT molecular complexity index is 1190. The van der Waals surface area contributed by atoms with Crippen LogP contribution in [0.5, 0.6) is 17.2 Å². The second kappa shape index (κ2) is 11.0. The van der Waals surface area contributed by atoms with Gasteiger partial charge in [0.05, 0.1) is 4.92 Å². The van der Waals surface area contributed by atoms with Crippen LogP contribution in [0.25, 0.3) is 0 Å². The number of ether oxygens (including phenoxy) is 2. The van der Waals surface area contributed by atoms with Crippen molar-refractivity contribution in [1.29, 1.82) is 0 Å². The summed E-state index contributed by atoms with van der Waals surface area (Å²) in [5.41, 5.74) is 3.55. The van der Waals surface area contributed by atoms with Crippen LogP contribution >= 0.6 is 0 Å². The van der Waals surface area contributed by atoms with Gasteiger partial charge in [0.2, 0.25) is 5.75 Å². The summed E-state index contributed by atoms with van der Waals surface area (Å²) in [6.45, 7) is 0.560. The lowest BCUT2D eigenvalue weighted by Gasteiger charge is -2.09. The van der Waals surface area contributed by atoms with E-state index >= 15 is 0 Å². The standard InChI is InChI=1S/C28H25NO4/c30-29(31)27-14-4-5-15-28(27)33-25-18-16-22(17-19-25)10-6-11-23-12-7-13-26(20-23)32-21-24-8-2-1-3-9-24/h1-5,7-9,12-20H,6,10-11,21H2. The molecule has 33 heavy (non-hydrogen) atoms. The van der Waals surface area contributed by atoms with Gasteiger partial charge in [-0.05, 0) is 66.3 Å². The molecule has 0 heterocycles. The number of nitro benzene ring substituents is 1. The van der Waals surface area contributed by atoms with Gasteiger partial charge in [0.15, 0.2) is 0 Å². The monoisotopic (exact) mass is 439 g/mol. The molecular weight excluding hydrogens is 414 g/mol. The maximum absolute atomic E-state index is 11.1. The van der Waals surface area contributed by atoms with Crippen molar-refractivity contribution in [3.63, 3.8) is 0 Å². The fraction of sp³-hybridized carbons (Fsp3) is 0.143. The highest BCUT2D eigenvalue weighted by Crippen LogP contribution is 2.31. The number of nitrogens with zero attached hydrogens (tertiary/aromatic N) is 1. The van der Waals surface area contributed by atoms with Crippen molar-refractivity contribution in [2.45, 2.75) is 25.9 Å². The summed E-state index contributed by atoms with van der Waals surface area (Å²) < 4.78 is 11.6. The highest BCUT2D eigenvalue weighted by molar-refractivity contribution is 5.48. The van der Waals surface area contributed by atoms with Crippen LogP contribution in [0.1, 0.15) is 23.1 Å². The predicted octanol–water partition coefficient (Wildman–Crippen LogP) is 7.14. The first-order valence-corrected chi connectivity index (χ1v) is 10.9. The van der Waals surface area contributed by atoms with Crippen molar-refractivity contribution in [2.24, 2.45) is 0 Å². The lowest BCUT2D eigenvalue weighted by Crippen LogP contribution is -1.96. The van der Waals surface area contributed by atoms with Crippen LogP contribution in [-0.2, 0) is 19.4 Å². The fourth-order valence-corrected chi connectivity index (χ4v) is 3.57. The highest BCUT2D eigenvalue weighted by Gasteiger charge is 2.14. The lowest BCUT2D eigenvalue weighted by molar-refractivity contribution is -0.385. The molecule has 0 fully saturated rings. The van der Waals surface area contributed by atoms with E-state index < -0.39 is 4.92 Å². The lowest BCUT2D eigenvalue weighted by atomic mass is 10.0. The summed E-state index contributed by atoms with van der Waals surface area (Å²) in [5.74, 6) is 1.70. The molecule has 0 atom stereocenters. The van der Waals surface area contributed by atoms with E-state index in [1.807, 2.05) is 54.6 Å². The fourth-order valence-electron chi connectivity index (χ4n) is 3.57. The number of rotatable bonds is 10. The quantitative estimate of drug-likeness (QED) is 0.195. The van der Waals surface area contributed by atoms with Gasteiger partial charge in [-0.3, -0.25) is 10.1 Å². The van der Waals surface area contributed by atoms with Crippen molar-refractivity contribution in [2.75, 3.05) is 0 Å². The number of aryl methyl sites for hydroxylation is 2. The summed E-state index contributed by atoms with van der Waals surface area (Å²) in [6.07, 6.45) is 2.89. The highest BCUT2D eigenvalue weighted by atomic mass is 16.6. The normalized spacial score (nSPS) is 10.5. The van der Waals surface area contributed by atoms with Gasteiger partial charge in [-0.1, -0.05) is 66.7 Å². The smallest absolute Gasteiger partial charge is 0.311 e. The molecule has 0 bridgehead atoms. The summed E-state index contributed by atoms with van der Waals surface area (Å²) in [6, 6.07) is 32.5. The Hall–Kier alpha value is -4.12. The molecule has 0 N–H and O–H groups in total. The topological polar surface area (TPSA) is 61.6 Å². The summed E-state index contributed by atoms with van der Waals surface area (Å²) in [4.78, 5) is 10.7.